The Bertz CT molecular complexity index is 853. The number of carbonyl (C=O) groups excluding carboxylic acids is 1. The molecule has 2 aromatic carbocycles. The number of nitrogens with zero attached hydrogens (tertiary/aromatic N) is 2. The van der Waals surface area contributed by atoms with Crippen LogP contribution in [0, 0.1) is 0 Å². The first-order chi connectivity index (χ1) is 14.2. The maximum Gasteiger partial charge on any atom is 0.231 e. The smallest absolute Gasteiger partial charge is 0.231 e. The van der Waals surface area contributed by atoms with Crippen molar-refractivity contribution in [3.05, 3.63) is 48.0 Å². The number of hydrogen-bond donors (Lipinski definition) is 1. The van der Waals surface area contributed by atoms with Crippen molar-refractivity contribution in [1.82, 2.24) is 9.80 Å². The van der Waals surface area contributed by atoms with Gasteiger partial charge in [0.15, 0.2) is 11.5 Å². The van der Waals surface area contributed by atoms with Crippen LogP contribution < -0.4 is 14.8 Å². The second-order valence-corrected chi connectivity index (χ2v) is 8.15. The highest BCUT2D eigenvalue weighted by atomic mass is 32.2. The molecule has 0 aliphatic carbocycles. The van der Waals surface area contributed by atoms with Gasteiger partial charge in [-0.3, -0.25) is 9.69 Å². The lowest BCUT2D eigenvalue weighted by Gasteiger charge is -2.34. The van der Waals surface area contributed by atoms with Gasteiger partial charge in [0, 0.05) is 50.6 Å². The van der Waals surface area contributed by atoms with E-state index in [1.54, 1.807) is 11.8 Å². The molecule has 7 heteroatoms. The number of para-hydroxylation sites is 1. The summed E-state index contributed by atoms with van der Waals surface area (Å²) in [6.07, 6.45) is 2.54. The van der Waals surface area contributed by atoms with Gasteiger partial charge >= 0.3 is 0 Å². The maximum atomic E-state index is 12.3. The fraction of sp³-hybridized carbons (Fsp3) is 0.409. The Kier molecular flexibility index (Phi) is 6.59. The highest BCUT2D eigenvalue weighted by Gasteiger charge is 2.19. The molecule has 0 saturated carbocycles. The SMILES string of the molecule is CSc1ccccc1NC(=O)CCN1CCN(Cc2ccc3c(c2)OCO3)CC1. The van der Waals surface area contributed by atoms with Gasteiger partial charge in [0.2, 0.25) is 12.7 Å². The zero-order chi connectivity index (χ0) is 20.1. The van der Waals surface area contributed by atoms with Crippen molar-refractivity contribution in [2.45, 2.75) is 17.9 Å². The number of carbonyl (C=O) groups is 1. The second kappa shape index (κ2) is 9.52. The number of benzene rings is 2. The third-order valence-corrected chi connectivity index (χ3v) is 6.14. The molecule has 2 aliphatic heterocycles. The van der Waals surface area contributed by atoms with Gasteiger partial charge in [-0.05, 0) is 36.1 Å². The summed E-state index contributed by atoms with van der Waals surface area (Å²) in [5.74, 6) is 1.75. The van der Waals surface area contributed by atoms with Crippen LogP contribution in [-0.2, 0) is 11.3 Å². The van der Waals surface area contributed by atoms with Gasteiger partial charge in [0.1, 0.15) is 0 Å². The fourth-order valence-corrected chi connectivity index (χ4v) is 4.24. The average molecular weight is 414 g/mol. The lowest BCUT2D eigenvalue weighted by molar-refractivity contribution is -0.116. The van der Waals surface area contributed by atoms with E-state index in [4.69, 9.17) is 9.47 Å². The molecular weight excluding hydrogens is 386 g/mol. The van der Waals surface area contributed by atoms with Crippen LogP contribution in [0.5, 0.6) is 11.5 Å². The number of anilines is 1. The number of piperazine rings is 1. The summed E-state index contributed by atoms with van der Waals surface area (Å²) in [7, 11) is 0. The van der Waals surface area contributed by atoms with Gasteiger partial charge in [0.05, 0.1) is 5.69 Å². The predicted octanol–water partition coefficient (Wildman–Crippen LogP) is 3.28. The molecule has 2 aliphatic rings. The van der Waals surface area contributed by atoms with Crippen LogP contribution in [0.25, 0.3) is 0 Å². The summed E-state index contributed by atoms with van der Waals surface area (Å²) in [5, 5.41) is 3.04. The van der Waals surface area contributed by atoms with E-state index in [0.29, 0.717) is 13.2 Å². The van der Waals surface area contributed by atoms with Crippen molar-refractivity contribution < 1.29 is 14.3 Å². The lowest BCUT2D eigenvalue weighted by Crippen LogP contribution is -2.46. The van der Waals surface area contributed by atoms with Gasteiger partial charge in [-0.25, -0.2) is 0 Å². The number of rotatable bonds is 7. The van der Waals surface area contributed by atoms with Crippen LogP contribution in [0.15, 0.2) is 47.4 Å². The molecule has 154 valence electrons. The molecular formula is C22H27N3O3S. The summed E-state index contributed by atoms with van der Waals surface area (Å²) < 4.78 is 10.8. The standard InChI is InChI=1S/C22H27N3O3S/c1-29-21-5-3-2-4-18(21)23-22(26)8-9-24-10-12-25(13-11-24)15-17-6-7-19-20(14-17)28-16-27-19/h2-7,14H,8-13,15-16H2,1H3,(H,23,26). The molecule has 0 bridgehead atoms. The van der Waals surface area contributed by atoms with Gasteiger partial charge in [-0.15, -0.1) is 11.8 Å². The third kappa shape index (κ3) is 5.23. The third-order valence-electron chi connectivity index (χ3n) is 5.34. The molecule has 0 spiro atoms. The minimum absolute atomic E-state index is 0.0780. The summed E-state index contributed by atoms with van der Waals surface area (Å²) in [5.41, 5.74) is 2.15. The van der Waals surface area contributed by atoms with E-state index in [-0.39, 0.29) is 5.91 Å². The molecule has 0 unspecified atom stereocenters. The van der Waals surface area contributed by atoms with Gasteiger partial charge in [-0.2, -0.15) is 0 Å². The van der Waals surface area contributed by atoms with Crippen LogP contribution in [0.1, 0.15) is 12.0 Å². The molecule has 0 aromatic heterocycles. The zero-order valence-electron chi connectivity index (χ0n) is 16.7. The van der Waals surface area contributed by atoms with Crippen molar-refractivity contribution in [2.75, 3.05) is 51.1 Å². The fourth-order valence-electron chi connectivity index (χ4n) is 3.69. The molecule has 0 atom stereocenters. The molecule has 2 aromatic rings. The van der Waals surface area contributed by atoms with Crippen LogP contribution in [-0.4, -0.2) is 61.5 Å². The zero-order valence-corrected chi connectivity index (χ0v) is 17.5. The van der Waals surface area contributed by atoms with Crippen LogP contribution in [0.4, 0.5) is 5.69 Å². The molecule has 1 N–H and O–H groups in total. The number of fused-ring (bicyclic) bond motifs is 1. The molecule has 29 heavy (non-hydrogen) atoms. The number of nitrogens with one attached hydrogen (secondary N) is 1. The van der Waals surface area contributed by atoms with Crippen molar-refractivity contribution in [3.8, 4) is 11.5 Å². The van der Waals surface area contributed by atoms with E-state index in [1.165, 1.54) is 5.56 Å². The van der Waals surface area contributed by atoms with Gasteiger partial charge < -0.3 is 19.7 Å². The second-order valence-electron chi connectivity index (χ2n) is 7.30. The van der Waals surface area contributed by atoms with Crippen molar-refractivity contribution in [1.29, 1.82) is 0 Å². The maximum absolute atomic E-state index is 12.3. The Balaban J connectivity index is 1.19. The monoisotopic (exact) mass is 413 g/mol. The molecule has 1 fully saturated rings. The summed E-state index contributed by atoms with van der Waals surface area (Å²) in [4.78, 5) is 18.3. The Hall–Kier alpha value is -2.22. The topological polar surface area (TPSA) is 54.0 Å². The molecule has 2 heterocycles. The summed E-state index contributed by atoms with van der Waals surface area (Å²) >= 11 is 1.65. The largest absolute Gasteiger partial charge is 0.454 e. The van der Waals surface area contributed by atoms with E-state index in [9.17, 15) is 4.79 Å². The molecule has 0 radical (unpaired) electrons. The molecule has 1 amide bonds. The predicted molar refractivity (Wildman–Crippen MR) is 116 cm³/mol. The first-order valence-corrected chi connectivity index (χ1v) is 11.2. The van der Waals surface area contributed by atoms with Gasteiger partial charge in [-0.1, -0.05) is 18.2 Å². The van der Waals surface area contributed by atoms with Crippen LogP contribution in [0.2, 0.25) is 0 Å². The van der Waals surface area contributed by atoms with Crippen LogP contribution >= 0.6 is 11.8 Å². The molecule has 1 saturated heterocycles. The number of thioether (sulfide) groups is 1. The summed E-state index contributed by atoms with van der Waals surface area (Å²) in [6.45, 7) is 6.00. The van der Waals surface area contributed by atoms with E-state index in [2.05, 4.69) is 27.2 Å². The van der Waals surface area contributed by atoms with E-state index in [1.807, 2.05) is 36.6 Å². The average Bonchev–Trinajstić information content (AvgIpc) is 3.21. The normalized spacial score (nSPS) is 16.7. The Morgan fingerprint density at radius 1 is 1.03 bits per heavy atom. The minimum Gasteiger partial charge on any atom is -0.454 e. The van der Waals surface area contributed by atoms with Crippen molar-refractivity contribution >= 4 is 23.4 Å². The summed E-state index contributed by atoms with van der Waals surface area (Å²) in [6, 6.07) is 14.1. The molecule has 4 rings (SSSR count). The van der Waals surface area contributed by atoms with Crippen molar-refractivity contribution in [2.24, 2.45) is 0 Å². The Labute approximate surface area is 176 Å². The number of amides is 1. The highest BCUT2D eigenvalue weighted by Crippen LogP contribution is 2.32. The number of hydrogen-bond acceptors (Lipinski definition) is 6. The van der Waals surface area contributed by atoms with E-state index < -0.39 is 0 Å². The highest BCUT2D eigenvalue weighted by molar-refractivity contribution is 7.98. The Morgan fingerprint density at radius 3 is 2.62 bits per heavy atom. The van der Waals surface area contributed by atoms with Crippen LogP contribution in [0.3, 0.4) is 0 Å². The number of ether oxygens (including phenoxy) is 2. The minimum atomic E-state index is 0.0780. The van der Waals surface area contributed by atoms with Gasteiger partial charge in [0.25, 0.3) is 0 Å². The van der Waals surface area contributed by atoms with E-state index >= 15 is 0 Å². The van der Waals surface area contributed by atoms with E-state index in [0.717, 1.165) is 61.4 Å². The quantitative estimate of drug-likeness (QED) is 0.703. The lowest BCUT2D eigenvalue weighted by atomic mass is 10.1. The molecule has 6 nitrogen and oxygen atoms in total. The van der Waals surface area contributed by atoms with Crippen molar-refractivity contribution in [3.63, 3.8) is 0 Å². The Morgan fingerprint density at radius 2 is 1.79 bits per heavy atom. The first-order valence-electron chi connectivity index (χ1n) is 9.97. The first kappa shape index (κ1) is 20.1.